The van der Waals surface area contributed by atoms with Gasteiger partial charge < -0.3 is 10.2 Å². The quantitative estimate of drug-likeness (QED) is 0.890. The molecule has 0 saturated heterocycles. The molecule has 1 fully saturated rings. The van der Waals surface area contributed by atoms with Gasteiger partial charge in [-0.15, -0.1) is 0 Å². The molecule has 1 saturated carbocycles. The molecule has 0 amide bonds. The Bertz CT molecular complexity index is 437. The first-order valence-electron chi connectivity index (χ1n) is 8.38. The highest BCUT2D eigenvalue weighted by molar-refractivity contribution is 5.23. The summed E-state index contributed by atoms with van der Waals surface area (Å²) in [6, 6.07) is 9.55. The zero-order chi connectivity index (χ0) is 15.5. The van der Waals surface area contributed by atoms with Crippen LogP contribution in [0.25, 0.3) is 0 Å². The average Bonchev–Trinajstić information content (AvgIpc) is 2.46. The molecule has 1 aliphatic carbocycles. The van der Waals surface area contributed by atoms with Gasteiger partial charge in [0.1, 0.15) is 0 Å². The smallest absolute Gasteiger partial charge is 0.0362 e. The first-order valence-corrected chi connectivity index (χ1v) is 8.38. The molecule has 0 aliphatic heterocycles. The summed E-state index contributed by atoms with van der Waals surface area (Å²) in [5.41, 5.74) is 3.07. The third-order valence-electron chi connectivity index (χ3n) is 5.46. The van der Waals surface area contributed by atoms with Gasteiger partial charge in [0, 0.05) is 11.6 Å². The summed E-state index contributed by atoms with van der Waals surface area (Å²) in [5.74, 6) is 0.829. The van der Waals surface area contributed by atoms with Gasteiger partial charge in [-0.1, -0.05) is 49.6 Å². The van der Waals surface area contributed by atoms with E-state index in [2.05, 4.69) is 69.5 Å². The number of hydrogen-bond donors (Lipinski definition) is 1. The van der Waals surface area contributed by atoms with Crippen molar-refractivity contribution in [2.75, 3.05) is 21.1 Å². The second kappa shape index (κ2) is 6.93. The highest BCUT2D eigenvalue weighted by Crippen LogP contribution is 2.39. The van der Waals surface area contributed by atoms with Crippen molar-refractivity contribution in [1.82, 2.24) is 10.2 Å². The van der Waals surface area contributed by atoms with Gasteiger partial charge in [0.25, 0.3) is 0 Å². The molecule has 3 unspecified atom stereocenters. The van der Waals surface area contributed by atoms with Crippen molar-refractivity contribution >= 4 is 0 Å². The molecule has 3 atom stereocenters. The van der Waals surface area contributed by atoms with Gasteiger partial charge in [-0.25, -0.2) is 0 Å². The second-order valence-corrected chi connectivity index (χ2v) is 7.23. The molecule has 0 spiro atoms. The lowest BCUT2D eigenvalue weighted by Crippen LogP contribution is -2.61. The van der Waals surface area contributed by atoms with Crippen LogP contribution in [0.3, 0.4) is 0 Å². The highest BCUT2D eigenvalue weighted by Gasteiger charge is 2.42. The van der Waals surface area contributed by atoms with Crippen molar-refractivity contribution in [3.8, 4) is 0 Å². The van der Waals surface area contributed by atoms with Gasteiger partial charge in [-0.05, 0) is 58.8 Å². The van der Waals surface area contributed by atoms with Gasteiger partial charge in [-0.2, -0.15) is 0 Å². The van der Waals surface area contributed by atoms with Crippen LogP contribution < -0.4 is 5.32 Å². The lowest BCUT2D eigenvalue weighted by molar-refractivity contribution is 0.0399. The predicted octanol–water partition coefficient (Wildman–Crippen LogP) is 3.64. The average molecular weight is 288 g/mol. The van der Waals surface area contributed by atoms with Crippen LogP contribution in [0.4, 0.5) is 0 Å². The normalized spacial score (nSPS) is 27.8. The van der Waals surface area contributed by atoms with E-state index >= 15 is 0 Å². The van der Waals surface area contributed by atoms with Crippen LogP contribution in [0, 0.1) is 12.8 Å². The molecule has 1 aliphatic rings. The molecule has 21 heavy (non-hydrogen) atoms. The number of nitrogens with zero attached hydrogens (tertiary/aromatic N) is 1. The van der Waals surface area contributed by atoms with Crippen molar-refractivity contribution in [3.63, 3.8) is 0 Å². The summed E-state index contributed by atoms with van der Waals surface area (Å²) in [6.45, 7) is 4.57. The Morgan fingerprint density at radius 1 is 1.29 bits per heavy atom. The summed E-state index contributed by atoms with van der Waals surface area (Å²) in [5, 5.41) is 3.64. The fraction of sp³-hybridized carbons (Fsp3) is 0.684. The van der Waals surface area contributed by atoms with Crippen LogP contribution in [-0.2, 0) is 6.42 Å². The lowest BCUT2D eigenvalue weighted by atomic mass is 9.70. The van der Waals surface area contributed by atoms with Crippen LogP contribution in [0.1, 0.15) is 43.7 Å². The van der Waals surface area contributed by atoms with Crippen LogP contribution in [0.15, 0.2) is 24.3 Å². The Labute approximate surface area is 130 Å². The van der Waals surface area contributed by atoms with Crippen LogP contribution in [0.5, 0.6) is 0 Å². The van der Waals surface area contributed by atoms with E-state index in [4.69, 9.17) is 0 Å². The number of likely N-dealkylation sites (N-methyl/N-ethyl adjacent to an activating group) is 2. The zero-order valence-corrected chi connectivity index (χ0v) is 14.4. The fourth-order valence-corrected chi connectivity index (χ4v) is 4.12. The Hall–Kier alpha value is -0.860. The maximum absolute atomic E-state index is 3.64. The number of aryl methyl sites for hydroxylation is 1. The van der Waals surface area contributed by atoms with Crippen molar-refractivity contribution in [1.29, 1.82) is 0 Å². The van der Waals surface area contributed by atoms with E-state index in [1.54, 1.807) is 0 Å². The molecular weight excluding hydrogens is 256 g/mol. The maximum Gasteiger partial charge on any atom is 0.0362 e. The van der Waals surface area contributed by atoms with Gasteiger partial charge in [0.2, 0.25) is 0 Å². The molecular formula is C19H32N2. The molecule has 2 heteroatoms. The van der Waals surface area contributed by atoms with Crippen molar-refractivity contribution < 1.29 is 0 Å². The molecule has 0 bridgehead atoms. The minimum absolute atomic E-state index is 0.289. The van der Waals surface area contributed by atoms with Crippen molar-refractivity contribution in [2.45, 2.75) is 57.5 Å². The van der Waals surface area contributed by atoms with E-state index in [0.717, 1.165) is 12.3 Å². The molecule has 1 aromatic rings. The summed E-state index contributed by atoms with van der Waals surface area (Å²) in [4.78, 5) is 2.48. The van der Waals surface area contributed by atoms with E-state index in [9.17, 15) is 0 Å². The molecule has 2 rings (SSSR count). The molecule has 0 radical (unpaired) electrons. The predicted molar refractivity (Wildman–Crippen MR) is 91.8 cm³/mol. The number of nitrogens with one attached hydrogen (secondary N) is 1. The van der Waals surface area contributed by atoms with Gasteiger partial charge in [0.15, 0.2) is 0 Å². The Kier molecular flexibility index (Phi) is 5.45. The van der Waals surface area contributed by atoms with Crippen LogP contribution >= 0.6 is 0 Å². The molecule has 0 heterocycles. The number of hydrogen-bond acceptors (Lipinski definition) is 2. The highest BCUT2D eigenvalue weighted by atomic mass is 15.2. The third kappa shape index (κ3) is 3.67. The van der Waals surface area contributed by atoms with Crippen molar-refractivity contribution in [3.05, 3.63) is 35.4 Å². The van der Waals surface area contributed by atoms with Gasteiger partial charge in [0.05, 0.1) is 0 Å². The third-order valence-corrected chi connectivity index (χ3v) is 5.46. The van der Waals surface area contributed by atoms with Gasteiger partial charge in [-0.3, -0.25) is 0 Å². The summed E-state index contributed by atoms with van der Waals surface area (Å²) in [7, 11) is 6.65. The molecule has 1 N–H and O–H groups in total. The number of rotatable bonds is 5. The largest absolute Gasteiger partial charge is 0.315 e. The van der Waals surface area contributed by atoms with E-state index in [1.165, 1.54) is 36.8 Å². The monoisotopic (exact) mass is 288 g/mol. The SMILES string of the molecule is CNC(Cc1ccc(C)cc1)C1(N(C)C)CCCC(C)C1. The summed E-state index contributed by atoms with van der Waals surface area (Å²) in [6.07, 6.45) is 6.46. The van der Waals surface area contributed by atoms with Crippen LogP contribution in [-0.4, -0.2) is 37.6 Å². The van der Waals surface area contributed by atoms with Crippen molar-refractivity contribution in [2.24, 2.45) is 5.92 Å². The minimum Gasteiger partial charge on any atom is -0.315 e. The first kappa shape index (κ1) is 16.5. The summed E-state index contributed by atoms with van der Waals surface area (Å²) >= 11 is 0. The lowest BCUT2D eigenvalue weighted by Gasteiger charge is -2.50. The van der Waals surface area contributed by atoms with E-state index in [-0.39, 0.29) is 5.54 Å². The molecule has 118 valence electrons. The molecule has 0 aromatic heterocycles. The summed E-state index contributed by atoms with van der Waals surface area (Å²) < 4.78 is 0. The molecule has 2 nitrogen and oxygen atoms in total. The van der Waals surface area contributed by atoms with E-state index in [1.807, 2.05) is 0 Å². The standard InChI is InChI=1S/C19H32N2/c1-15-8-10-17(11-9-15)13-18(20-3)19(21(4)5)12-6-7-16(2)14-19/h8-11,16,18,20H,6-7,12-14H2,1-5H3. The van der Waals surface area contributed by atoms with E-state index in [0.29, 0.717) is 6.04 Å². The second-order valence-electron chi connectivity index (χ2n) is 7.23. The topological polar surface area (TPSA) is 15.3 Å². The van der Waals surface area contributed by atoms with E-state index < -0.39 is 0 Å². The Morgan fingerprint density at radius 2 is 1.95 bits per heavy atom. The van der Waals surface area contributed by atoms with Gasteiger partial charge >= 0.3 is 0 Å². The first-order chi connectivity index (χ1) is 9.98. The zero-order valence-electron chi connectivity index (χ0n) is 14.4. The Morgan fingerprint density at radius 3 is 2.48 bits per heavy atom. The fourth-order valence-electron chi connectivity index (χ4n) is 4.12. The van der Waals surface area contributed by atoms with Crippen LogP contribution in [0.2, 0.25) is 0 Å². The Balaban J connectivity index is 2.21. The number of benzene rings is 1. The minimum atomic E-state index is 0.289. The molecule has 1 aromatic carbocycles. The maximum atomic E-state index is 3.64.